The van der Waals surface area contributed by atoms with Crippen LogP contribution in [0.4, 0.5) is 23.7 Å². The number of rotatable bonds is 7. The summed E-state index contributed by atoms with van der Waals surface area (Å²) >= 11 is -0.308. The quantitative estimate of drug-likeness (QED) is 0.330. The van der Waals surface area contributed by atoms with Crippen LogP contribution in [0, 0.1) is 0 Å². The van der Waals surface area contributed by atoms with Gasteiger partial charge in [0.2, 0.25) is 5.91 Å². The molecule has 2 atom stereocenters. The van der Waals surface area contributed by atoms with Crippen molar-refractivity contribution in [2.75, 3.05) is 19.1 Å². The number of pyridine rings is 1. The van der Waals surface area contributed by atoms with E-state index in [0.717, 1.165) is 4.90 Å². The zero-order chi connectivity index (χ0) is 27.7. The Bertz CT molecular complexity index is 1380. The van der Waals surface area contributed by atoms with E-state index < -0.39 is 34.8 Å². The Morgan fingerprint density at radius 3 is 2.42 bits per heavy atom. The Kier molecular flexibility index (Phi) is 7.36. The van der Waals surface area contributed by atoms with Crippen LogP contribution in [0.1, 0.15) is 18.4 Å². The van der Waals surface area contributed by atoms with Gasteiger partial charge in [-0.05, 0) is 60.6 Å². The number of carbonyl (C=O) groups excluding carboxylic acids is 3. The number of nitrogens with zero attached hydrogens (tertiary/aromatic N) is 2. The molecule has 3 aromatic rings. The summed E-state index contributed by atoms with van der Waals surface area (Å²) in [6, 6.07) is 12.7. The number of urea groups is 1. The second kappa shape index (κ2) is 10.4. The molecule has 1 aliphatic heterocycles. The first-order valence-corrected chi connectivity index (χ1v) is 12.1. The summed E-state index contributed by atoms with van der Waals surface area (Å²) in [6.45, 7) is 1.44. The molecule has 0 saturated carbocycles. The number of methoxy groups -OCH3 is 1. The Morgan fingerprint density at radius 2 is 1.79 bits per heavy atom. The number of imide groups is 1. The van der Waals surface area contributed by atoms with E-state index in [1.54, 1.807) is 36.5 Å². The summed E-state index contributed by atoms with van der Waals surface area (Å²) in [7, 11) is 2.92. The van der Waals surface area contributed by atoms with E-state index in [9.17, 15) is 27.6 Å². The van der Waals surface area contributed by atoms with E-state index >= 15 is 0 Å². The lowest BCUT2D eigenvalue weighted by Crippen LogP contribution is -2.54. The highest BCUT2D eigenvalue weighted by Crippen LogP contribution is 2.42. The monoisotopic (exact) mass is 544 g/mol. The molecule has 2 aromatic carbocycles. The maximum Gasteiger partial charge on any atom is 0.446 e. The smallest absolute Gasteiger partial charge is 0.446 e. The molecular formula is C26H23F3N4O4S. The van der Waals surface area contributed by atoms with Crippen LogP contribution in [-0.2, 0) is 9.59 Å². The summed E-state index contributed by atoms with van der Waals surface area (Å²) in [5.41, 5.74) is -4.59. The minimum Gasteiger partial charge on any atom is -0.496 e. The SMILES string of the molecule is CNC(=O)C(c1ccncc1-c1ccccc1OC)C1(C)NC(=O)N(c2ccc(SC(F)(F)F)cc2)C1=O. The van der Waals surface area contributed by atoms with E-state index in [4.69, 9.17) is 4.74 Å². The molecule has 1 aromatic heterocycles. The predicted molar refractivity (Wildman–Crippen MR) is 136 cm³/mol. The number of para-hydroxylation sites is 1. The minimum atomic E-state index is -4.48. The maximum absolute atomic E-state index is 13.8. The molecule has 0 radical (unpaired) electrons. The van der Waals surface area contributed by atoms with Crippen molar-refractivity contribution in [2.24, 2.45) is 0 Å². The van der Waals surface area contributed by atoms with Gasteiger partial charge < -0.3 is 15.4 Å². The number of benzene rings is 2. The molecule has 0 spiro atoms. The van der Waals surface area contributed by atoms with Gasteiger partial charge in [-0.3, -0.25) is 14.6 Å². The van der Waals surface area contributed by atoms with Gasteiger partial charge in [-0.25, -0.2) is 9.69 Å². The van der Waals surface area contributed by atoms with Crippen molar-refractivity contribution >= 4 is 35.3 Å². The number of hydrogen-bond acceptors (Lipinski definition) is 6. The zero-order valence-corrected chi connectivity index (χ0v) is 21.3. The van der Waals surface area contributed by atoms with Gasteiger partial charge in [-0.1, -0.05) is 18.2 Å². The molecule has 1 saturated heterocycles. The van der Waals surface area contributed by atoms with Crippen molar-refractivity contribution in [1.29, 1.82) is 0 Å². The lowest BCUT2D eigenvalue weighted by molar-refractivity contribution is -0.130. The molecule has 0 bridgehead atoms. The molecule has 12 heteroatoms. The van der Waals surface area contributed by atoms with Gasteiger partial charge in [0, 0.05) is 35.5 Å². The second-order valence-electron chi connectivity index (χ2n) is 8.53. The average Bonchev–Trinajstić information content (AvgIpc) is 3.11. The molecule has 0 aliphatic carbocycles. The predicted octanol–water partition coefficient (Wildman–Crippen LogP) is 4.71. The number of anilines is 1. The van der Waals surface area contributed by atoms with Gasteiger partial charge in [0.15, 0.2) is 0 Å². The van der Waals surface area contributed by atoms with Crippen LogP contribution in [0.15, 0.2) is 71.9 Å². The van der Waals surface area contributed by atoms with Gasteiger partial charge in [-0.15, -0.1) is 0 Å². The van der Waals surface area contributed by atoms with Gasteiger partial charge >= 0.3 is 11.5 Å². The molecule has 2 N–H and O–H groups in total. The fourth-order valence-corrected chi connectivity index (χ4v) is 5.03. The number of halogens is 3. The normalized spacial score (nSPS) is 18.2. The number of likely N-dealkylation sites (N-methyl/N-ethyl adjacent to an activating group) is 1. The highest BCUT2D eigenvalue weighted by molar-refractivity contribution is 8.00. The van der Waals surface area contributed by atoms with Crippen LogP contribution >= 0.6 is 11.8 Å². The number of nitrogens with one attached hydrogen (secondary N) is 2. The fraction of sp³-hybridized carbons (Fsp3) is 0.231. The van der Waals surface area contributed by atoms with Crippen LogP contribution in [-0.4, -0.2) is 48.0 Å². The average molecular weight is 545 g/mol. The summed E-state index contributed by atoms with van der Waals surface area (Å²) in [4.78, 5) is 45.1. The van der Waals surface area contributed by atoms with Crippen LogP contribution in [0.5, 0.6) is 5.75 Å². The Morgan fingerprint density at radius 1 is 1.11 bits per heavy atom. The summed E-state index contributed by atoms with van der Waals surface area (Å²) < 4.78 is 43.6. The summed E-state index contributed by atoms with van der Waals surface area (Å²) in [6.07, 6.45) is 3.02. The van der Waals surface area contributed by atoms with Crippen LogP contribution in [0.3, 0.4) is 0 Å². The first-order valence-electron chi connectivity index (χ1n) is 11.3. The van der Waals surface area contributed by atoms with Crippen LogP contribution in [0.2, 0.25) is 0 Å². The maximum atomic E-state index is 13.8. The third-order valence-corrected chi connectivity index (χ3v) is 6.93. The molecule has 4 amide bonds. The molecule has 38 heavy (non-hydrogen) atoms. The number of ether oxygens (including phenoxy) is 1. The van der Waals surface area contributed by atoms with Gasteiger partial charge in [-0.2, -0.15) is 13.2 Å². The highest BCUT2D eigenvalue weighted by Gasteiger charge is 2.56. The summed E-state index contributed by atoms with van der Waals surface area (Å²) in [5.74, 6) is -1.96. The Hall–Kier alpha value is -4.06. The van der Waals surface area contributed by atoms with Crippen molar-refractivity contribution in [3.63, 3.8) is 0 Å². The van der Waals surface area contributed by atoms with Gasteiger partial charge in [0.1, 0.15) is 11.3 Å². The zero-order valence-electron chi connectivity index (χ0n) is 20.5. The van der Waals surface area contributed by atoms with E-state index in [1.165, 1.54) is 51.5 Å². The number of aromatic nitrogens is 1. The lowest BCUT2D eigenvalue weighted by Gasteiger charge is -2.32. The minimum absolute atomic E-state index is 0.0677. The molecule has 1 fully saturated rings. The van der Waals surface area contributed by atoms with E-state index in [1.807, 2.05) is 0 Å². The van der Waals surface area contributed by atoms with Crippen molar-refractivity contribution in [2.45, 2.75) is 28.8 Å². The Labute approximate surface area is 220 Å². The lowest BCUT2D eigenvalue weighted by atomic mass is 9.77. The van der Waals surface area contributed by atoms with E-state index in [0.29, 0.717) is 22.4 Å². The molecule has 2 heterocycles. The molecule has 2 unspecified atom stereocenters. The van der Waals surface area contributed by atoms with Crippen molar-refractivity contribution in [1.82, 2.24) is 15.6 Å². The van der Waals surface area contributed by atoms with Crippen LogP contribution in [0.25, 0.3) is 11.1 Å². The standard InChI is InChI=1S/C26H23F3N4O4S/c1-25(23(35)33(24(36)32-25)15-8-10-16(11-9-15)38-26(27,28)29)21(22(34)30-2)18-12-13-31-14-19(18)17-6-4-5-7-20(17)37-3/h4-14,21H,1-3H3,(H,30,34)(H,32,36). The van der Waals surface area contributed by atoms with Crippen molar-refractivity contribution < 1.29 is 32.3 Å². The molecular weight excluding hydrogens is 521 g/mol. The number of hydrogen-bond donors (Lipinski definition) is 2. The number of thioether (sulfide) groups is 1. The fourth-order valence-electron chi connectivity index (χ4n) is 4.49. The third kappa shape index (κ3) is 5.03. The largest absolute Gasteiger partial charge is 0.496 e. The first kappa shape index (κ1) is 27.0. The van der Waals surface area contributed by atoms with E-state index in [2.05, 4.69) is 15.6 Å². The molecule has 198 valence electrons. The van der Waals surface area contributed by atoms with E-state index in [-0.39, 0.29) is 22.3 Å². The second-order valence-corrected chi connectivity index (χ2v) is 9.66. The van der Waals surface area contributed by atoms with Crippen LogP contribution < -0.4 is 20.3 Å². The van der Waals surface area contributed by atoms with Gasteiger partial charge in [0.05, 0.1) is 18.7 Å². The van der Waals surface area contributed by atoms with Gasteiger partial charge in [0.25, 0.3) is 5.91 Å². The van der Waals surface area contributed by atoms with Crippen molar-refractivity contribution in [3.8, 4) is 16.9 Å². The van der Waals surface area contributed by atoms with Crippen molar-refractivity contribution in [3.05, 3.63) is 72.6 Å². The summed E-state index contributed by atoms with van der Waals surface area (Å²) in [5, 5.41) is 5.21. The number of amides is 4. The molecule has 4 rings (SSSR count). The first-order chi connectivity index (χ1) is 18.0. The molecule has 1 aliphatic rings. The number of alkyl halides is 3. The topological polar surface area (TPSA) is 101 Å². The molecule has 8 nitrogen and oxygen atoms in total. The number of carbonyl (C=O) groups is 3. The Balaban J connectivity index is 1.78. The third-order valence-electron chi connectivity index (χ3n) is 6.19. The highest BCUT2D eigenvalue weighted by atomic mass is 32.2.